The van der Waals surface area contributed by atoms with Crippen LogP contribution in [0.1, 0.15) is 89.8 Å². The summed E-state index contributed by atoms with van der Waals surface area (Å²) in [6.07, 6.45) is 1.25. The fourth-order valence-electron chi connectivity index (χ4n) is 3.91. The van der Waals surface area contributed by atoms with Gasteiger partial charge in [-0.15, -0.1) is 15.2 Å². The third kappa shape index (κ3) is 11.2. The first kappa shape index (κ1) is 44.0. The molecule has 0 bridgehead atoms. The second-order valence-electron chi connectivity index (χ2n) is 8.96. The van der Waals surface area contributed by atoms with Crippen molar-refractivity contribution < 1.29 is 66.6 Å². The third-order valence-electron chi connectivity index (χ3n) is 5.79. The summed E-state index contributed by atoms with van der Waals surface area (Å²) in [6, 6.07) is 18.8. The predicted molar refractivity (Wildman–Crippen MR) is 186 cm³/mol. The molecule has 49 heavy (non-hydrogen) atoms. The van der Waals surface area contributed by atoms with Gasteiger partial charge in [-0.2, -0.15) is 0 Å². The van der Waals surface area contributed by atoms with Crippen LogP contribution in [0, 0.1) is 0 Å². The maximum atomic E-state index is 12.1. The van der Waals surface area contributed by atoms with Crippen molar-refractivity contribution >= 4 is 72.7 Å². The van der Waals surface area contributed by atoms with Gasteiger partial charge in [0.25, 0.3) is 35.4 Å². The average Bonchev–Trinajstić information content (AvgIpc) is 3.58. The van der Waals surface area contributed by atoms with E-state index >= 15 is 0 Å². The normalized spacial score (nSPS) is 13.5. The summed E-state index contributed by atoms with van der Waals surface area (Å²) in [4.78, 5) is 88.4. The molecular weight excluding hydrogens is 987 g/mol. The van der Waals surface area contributed by atoms with Gasteiger partial charge in [0.05, 0.1) is 33.4 Å². The largest absolute Gasteiger partial charge is 0.285 e. The smallest absolute Gasteiger partial charge is 0.278 e. The number of benzene rings is 3. The number of imide groups is 3. The standard InChI is InChI=1S/C17H10N2O6.C8H5NO3.C3H8.CH6N2O2.CH4.I3/c20-14-10-5-1-2-6-11(10)15(21)18(14)24-9-25-19-16(22)12-7-3-4-8-13(12)17(19)23;10-7-5-3-1-2-4-6(5)8(11)9(7)12;1-3-2;2-4-1-5-3;;1-3-2/h1-8H,9H2;1-4,12H;3H2,1-2H3;1-3H2;1H4;/q;;;;;-1. The van der Waals surface area contributed by atoms with Gasteiger partial charge in [-0.25, -0.2) is 21.5 Å². The summed E-state index contributed by atoms with van der Waals surface area (Å²) in [7, 11) is 0. The zero-order valence-corrected chi connectivity index (χ0v) is 31.7. The van der Waals surface area contributed by atoms with Crippen LogP contribution in [0.25, 0.3) is 0 Å². The van der Waals surface area contributed by atoms with Crippen LogP contribution < -0.4 is 25.0 Å². The number of carbonyl (C=O) groups excluding carboxylic acids is 6. The maximum absolute atomic E-state index is 12.1. The molecule has 3 heterocycles. The third-order valence-corrected chi connectivity index (χ3v) is 5.79. The van der Waals surface area contributed by atoms with E-state index < -0.39 is 42.2 Å². The van der Waals surface area contributed by atoms with Crippen molar-refractivity contribution in [2.45, 2.75) is 27.7 Å². The molecule has 0 spiro atoms. The molecule has 0 atom stereocenters. The zero-order chi connectivity index (χ0) is 35.8. The van der Waals surface area contributed by atoms with Crippen LogP contribution in [-0.2, 0) is 19.4 Å². The van der Waals surface area contributed by atoms with Crippen molar-refractivity contribution in [3.8, 4) is 0 Å². The maximum Gasteiger partial charge on any atom is 0.285 e. The minimum absolute atomic E-state index is 0. The molecule has 3 aromatic rings. The van der Waals surface area contributed by atoms with Crippen molar-refractivity contribution in [3.05, 3.63) is 106 Å². The Kier molecular flexibility index (Phi) is 20.3. The zero-order valence-electron chi connectivity index (χ0n) is 25.2. The molecule has 16 nitrogen and oxygen atoms in total. The molecule has 5 N–H and O–H groups in total. The van der Waals surface area contributed by atoms with E-state index in [0.29, 0.717) is 23.4 Å². The molecule has 0 aliphatic carbocycles. The molecule has 19 heteroatoms. The van der Waals surface area contributed by atoms with Crippen molar-refractivity contribution in [2.24, 2.45) is 11.8 Å². The molecule has 3 aromatic carbocycles. The van der Waals surface area contributed by atoms with Crippen molar-refractivity contribution in [2.75, 3.05) is 13.6 Å². The van der Waals surface area contributed by atoms with Crippen molar-refractivity contribution in [3.63, 3.8) is 0 Å². The topological polar surface area (TPSA) is 221 Å². The van der Waals surface area contributed by atoms with Crippen molar-refractivity contribution in [1.82, 2.24) is 15.2 Å². The van der Waals surface area contributed by atoms with E-state index in [1.54, 1.807) is 36.4 Å². The quantitative estimate of drug-likeness (QED) is 0.105. The number of halogens is 3. The summed E-state index contributed by atoms with van der Waals surface area (Å²) in [5.74, 6) is 5.02. The van der Waals surface area contributed by atoms with E-state index in [-0.39, 0.29) is 52.7 Å². The second-order valence-corrected chi connectivity index (χ2v) is 25.2. The number of fused-ring (bicyclic) bond motifs is 3. The van der Waals surface area contributed by atoms with Crippen LogP contribution in [0.4, 0.5) is 0 Å². The molecule has 3 aliphatic rings. The Labute approximate surface area is 311 Å². The Hall–Kier alpha value is -3.01. The molecule has 0 saturated heterocycles. The number of nitrogens with zero attached hydrogens (tertiary/aromatic N) is 3. The number of hydrogen-bond acceptors (Lipinski definition) is 13. The van der Waals surface area contributed by atoms with E-state index in [1.165, 1.54) is 42.8 Å². The first-order chi connectivity index (χ1) is 23.1. The van der Waals surface area contributed by atoms with E-state index in [2.05, 4.69) is 72.5 Å². The molecule has 266 valence electrons. The van der Waals surface area contributed by atoms with Gasteiger partial charge in [-0.3, -0.25) is 43.6 Å². The van der Waals surface area contributed by atoms with E-state index in [9.17, 15) is 28.8 Å². The van der Waals surface area contributed by atoms with Gasteiger partial charge < -0.3 is 0 Å². The summed E-state index contributed by atoms with van der Waals surface area (Å²) in [5, 5.41) is 10.1. The number of hydroxylamine groups is 6. The molecule has 0 saturated carbocycles. The van der Waals surface area contributed by atoms with Gasteiger partial charge in [-0.1, -0.05) is 64.1 Å². The molecule has 0 unspecified atom stereocenters. The van der Waals surface area contributed by atoms with Crippen molar-refractivity contribution in [1.29, 1.82) is 0 Å². The summed E-state index contributed by atoms with van der Waals surface area (Å²) in [6.45, 7) is 3.54. The summed E-state index contributed by atoms with van der Waals surface area (Å²) < 4.78 is 0. The number of nitrogens with two attached hydrogens (primary N) is 2. The molecule has 6 amide bonds. The van der Waals surface area contributed by atoms with Gasteiger partial charge in [0.2, 0.25) is 6.79 Å². The Morgan fingerprint density at radius 3 is 1.00 bits per heavy atom. The monoisotopic (exact) mass is 1020 g/mol. The second kappa shape index (κ2) is 22.7. The molecule has 0 radical (unpaired) electrons. The number of hydrogen-bond donors (Lipinski definition) is 3. The van der Waals surface area contributed by atoms with Gasteiger partial charge >= 0.3 is 50.5 Å². The fraction of sp³-hybridized carbons (Fsp3) is 0.200. The first-order valence-corrected chi connectivity index (χ1v) is 26.0. The predicted octanol–water partition coefficient (Wildman–Crippen LogP) is 1.62. The first-order valence-electron chi connectivity index (χ1n) is 13.4. The van der Waals surface area contributed by atoms with Gasteiger partial charge in [0.1, 0.15) is 0 Å². The van der Waals surface area contributed by atoms with Crippen LogP contribution in [0.15, 0.2) is 72.8 Å². The summed E-state index contributed by atoms with van der Waals surface area (Å²) >= 11 is 5.30. The Balaban J connectivity index is 0.000000415. The van der Waals surface area contributed by atoms with Gasteiger partial charge in [-0.05, 0) is 36.4 Å². The number of amides is 6. The van der Waals surface area contributed by atoms with Crippen LogP contribution in [0.3, 0.4) is 0 Å². The van der Waals surface area contributed by atoms with E-state index in [4.69, 9.17) is 14.9 Å². The average molecular weight is 1020 g/mol. The van der Waals surface area contributed by atoms with Crippen LogP contribution in [0.5, 0.6) is 0 Å². The minimum atomic E-state index is -0.657. The minimum Gasteiger partial charge on any atom is -0.278 e. The summed E-state index contributed by atoms with van der Waals surface area (Å²) in [5.41, 5.74) is 1.37. The molecular formula is C30H33I3N5O11-. The molecule has 0 aromatic heterocycles. The van der Waals surface area contributed by atoms with Crippen LogP contribution in [-0.4, -0.2) is 69.4 Å². The Morgan fingerprint density at radius 2 is 0.796 bits per heavy atom. The van der Waals surface area contributed by atoms with E-state index in [0.717, 1.165) is 0 Å². The SMILES string of the molecule is C.CCC.I[I-]I.NOCON.O=C1c2ccccc2C(=O)N1O.O=C1c2ccccc2C(=O)N1OCON1C(=O)c2ccccc2C1=O. The van der Waals surface area contributed by atoms with E-state index in [1.807, 2.05) is 0 Å². The Bertz CT molecular complexity index is 1450. The number of carbonyl (C=O) groups is 6. The van der Waals surface area contributed by atoms with Gasteiger partial charge in [0, 0.05) is 0 Å². The van der Waals surface area contributed by atoms with Gasteiger partial charge in [0.15, 0.2) is 6.79 Å². The van der Waals surface area contributed by atoms with Crippen LogP contribution in [0.2, 0.25) is 0 Å². The Morgan fingerprint density at radius 1 is 0.571 bits per heavy atom. The molecule has 0 fully saturated rings. The molecule has 6 rings (SSSR count). The molecule has 3 aliphatic heterocycles. The number of rotatable bonds is 6. The van der Waals surface area contributed by atoms with Crippen LogP contribution >= 0.6 is 37.2 Å². The fourth-order valence-corrected chi connectivity index (χ4v) is 3.91.